The normalized spacial score (nSPS) is 42.6. The van der Waals surface area contributed by atoms with E-state index in [1.54, 1.807) is 0 Å². The van der Waals surface area contributed by atoms with Crippen LogP contribution in [-0.4, -0.2) is 12.2 Å². The molecule has 10 heavy (non-hydrogen) atoms. The Bertz CT molecular complexity index is 136. The van der Waals surface area contributed by atoms with E-state index in [-0.39, 0.29) is 12.2 Å². The van der Waals surface area contributed by atoms with Gasteiger partial charge in [-0.1, -0.05) is 0 Å². The maximum absolute atomic E-state index is 12.0. The lowest BCUT2D eigenvalue weighted by atomic mass is 9.70. The Morgan fingerprint density at radius 3 is 2.40 bits per heavy atom. The smallest absolute Gasteiger partial charge is 0.0922 e. The number of hydrogen-bond donors (Lipinski definition) is 1. The summed E-state index contributed by atoms with van der Waals surface area (Å²) in [6.45, 7) is -0.132. The maximum Gasteiger partial charge on any atom is 0.0922 e. The van der Waals surface area contributed by atoms with Gasteiger partial charge >= 0.3 is 0 Å². The zero-order valence-corrected chi connectivity index (χ0v) is 6.15. The Morgan fingerprint density at radius 1 is 1.40 bits per heavy atom. The highest BCUT2D eigenvalue weighted by Crippen LogP contribution is 2.51. The average Bonchev–Trinajstić information content (AvgIpc) is 2.46. The van der Waals surface area contributed by atoms with Crippen LogP contribution in [0.15, 0.2) is 0 Å². The van der Waals surface area contributed by atoms with Gasteiger partial charge in [0.2, 0.25) is 0 Å². The largest absolute Gasteiger partial charge is 0.325 e. The van der Waals surface area contributed by atoms with E-state index in [1.807, 2.05) is 0 Å². The van der Waals surface area contributed by atoms with Crippen molar-refractivity contribution >= 4 is 0 Å². The zero-order valence-electron chi connectivity index (χ0n) is 6.15. The molecule has 0 aromatic carbocycles. The first-order chi connectivity index (χ1) is 4.74. The molecule has 0 aromatic heterocycles. The first kappa shape index (κ1) is 6.59. The standard InChI is InChI=1S/C8H14FN/c9-5-6-3-7(4-6)8(10)1-2-8/h6-7H,1-5,10H2. The summed E-state index contributed by atoms with van der Waals surface area (Å²) in [6.07, 6.45) is 4.45. The molecule has 2 heteroatoms. The maximum atomic E-state index is 12.0. The summed E-state index contributed by atoms with van der Waals surface area (Å²) in [5, 5.41) is 0. The van der Waals surface area contributed by atoms with E-state index in [9.17, 15) is 4.39 Å². The first-order valence-electron chi connectivity index (χ1n) is 4.09. The van der Waals surface area contributed by atoms with Crippen molar-refractivity contribution in [2.45, 2.75) is 31.2 Å². The van der Waals surface area contributed by atoms with Crippen molar-refractivity contribution < 1.29 is 4.39 Å². The van der Waals surface area contributed by atoms with Gasteiger partial charge in [0.25, 0.3) is 0 Å². The molecule has 0 atom stereocenters. The average molecular weight is 143 g/mol. The molecule has 58 valence electrons. The van der Waals surface area contributed by atoms with Gasteiger partial charge in [-0.05, 0) is 37.5 Å². The van der Waals surface area contributed by atoms with Crippen LogP contribution >= 0.6 is 0 Å². The van der Waals surface area contributed by atoms with E-state index in [0.29, 0.717) is 11.8 Å². The number of nitrogens with two attached hydrogens (primary N) is 1. The molecule has 0 radical (unpaired) electrons. The fourth-order valence-electron chi connectivity index (χ4n) is 1.88. The SMILES string of the molecule is NC1(C2CC(CF)C2)CC1. The van der Waals surface area contributed by atoms with E-state index in [2.05, 4.69) is 0 Å². The minimum Gasteiger partial charge on any atom is -0.325 e. The Hall–Kier alpha value is -0.110. The summed E-state index contributed by atoms with van der Waals surface area (Å²) in [5.74, 6) is 1.01. The van der Waals surface area contributed by atoms with Crippen molar-refractivity contribution in [3.63, 3.8) is 0 Å². The van der Waals surface area contributed by atoms with Crippen LogP contribution in [0.5, 0.6) is 0 Å². The summed E-state index contributed by atoms with van der Waals surface area (Å²) in [5.41, 5.74) is 6.10. The fraction of sp³-hybridized carbons (Fsp3) is 1.00. The van der Waals surface area contributed by atoms with Crippen LogP contribution < -0.4 is 5.73 Å². The number of rotatable bonds is 2. The van der Waals surface area contributed by atoms with Crippen LogP contribution in [-0.2, 0) is 0 Å². The summed E-state index contributed by atoms with van der Waals surface area (Å²) in [6, 6.07) is 0. The Balaban J connectivity index is 1.80. The van der Waals surface area contributed by atoms with Crippen molar-refractivity contribution in [3.05, 3.63) is 0 Å². The van der Waals surface area contributed by atoms with E-state index in [0.717, 1.165) is 12.8 Å². The van der Waals surface area contributed by atoms with Gasteiger partial charge in [0.1, 0.15) is 0 Å². The van der Waals surface area contributed by atoms with Crippen molar-refractivity contribution in [2.75, 3.05) is 6.67 Å². The van der Waals surface area contributed by atoms with Gasteiger partial charge in [0.15, 0.2) is 0 Å². The molecule has 0 heterocycles. The molecule has 2 aliphatic rings. The third-order valence-corrected chi connectivity index (χ3v) is 3.09. The molecule has 2 N–H and O–H groups in total. The Kier molecular flexibility index (Phi) is 1.28. The van der Waals surface area contributed by atoms with Crippen molar-refractivity contribution in [3.8, 4) is 0 Å². The van der Waals surface area contributed by atoms with E-state index >= 15 is 0 Å². The van der Waals surface area contributed by atoms with E-state index < -0.39 is 0 Å². The number of halogens is 1. The lowest BCUT2D eigenvalue weighted by Gasteiger charge is -2.37. The highest BCUT2D eigenvalue weighted by Gasteiger charge is 2.50. The van der Waals surface area contributed by atoms with Crippen LogP contribution in [0.4, 0.5) is 4.39 Å². The molecule has 0 saturated heterocycles. The monoisotopic (exact) mass is 143 g/mol. The van der Waals surface area contributed by atoms with Crippen LogP contribution in [0.3, 0.4) is 0 Å². The van der Waals surface area contributed by atoms with Gasteiger partial charge in [0.05, 0.1) is 6.67 Å². The van der Waals surface area contributed by atoms with Crippen molar-refractivity contribution in [1.29, 1.82) is 0 Å². The molecule has 2 rings (SSSR count). The zero-order chi connectivity index (χ0) is 7.19. The predicted molar refractivity (Wildman–Crippen MR) is 38.3 cm³/mol. The molecule has 2 saturated carbocycles. The summed E-state index contributed by atoms with van der Waals surface area (Å²) < 4.78 is 12.0. The Labute approximate surface area is 60.8 Å². The molecule has 1 nitrogen and oxygen atoms in total. The molecule has 0 aromatic rings. The van der Waals surface area contributed by atoms with Gasteiger partial charge in [0, 0.05) is 5.54 Å². The molecule has 2 aliphatic carbocycles. The summed E-state index contributed by atoms with van der Waals surface area (Å²) in [7, 11) is 0. The van der Waals surface area contributed by atoms with E-state index in [1.165, 1.54) is 12.8 Å². The highest BCUT2D eigenvalue weighted by atomic mass is 19.1. The van der Waals surface area contributed by atoms with Crippen LogP contribution in [0.25, 0.3) is 0 Å². The Morgan fingerprint density at radius 2 is 2.00 bits per heavy atom. The summed E-state index contributed by atoms with van der Waals surface area (Å²) >= 11 is 0. The van der Waals surface area contributed by atoms with Gasteiger partial charge in [-0.2, -0.15) is 0 Å². The lowest BCUT2D eigenvalue weighted by molar-refractivity contribution is 0.123. The van der Waals surface area contributed by atoms with Crippen molar-refractivity contribution in [1.82, 2.24) is 0 Å². The number of alkyl halides is 1. The van der Waals surface area contributed by atoms with Gasteiger partial charge < -0.3 is 5.73 Å². The minimum atomic E-state index is -0.132. The van der Waals surface area contributed by atoms with Gasteiger partial charge in [-0.15, -0.1) is 0 Å². The third-order valence-electron chi connectivity index (χ3n) is 3.09. The molecule has 0 aliphatic heterocycles. The molecule has 0 spiro atoms. The molecule has 2 fully saturated rings. The fourth-order valence-corrected chi connectivity index (χ4v) is 1.88. The second-order valence-corrected chi connectivity index (χ2v) is 3.92. The van der Waals surface area contributed by atoms with Crippen LogP contribution in [0.2, 0.25) is 0 Å². The van der Waals surface area contributed by atoms with Crippen LogP contribution in [0.1, 0.15) is 25.7 Å². The van der Waals surface area contributed by atoms with Gasteiger partial charge in [-0.3, -0.25) is 4.39 Å². The van der Waals surface area contributed by atoms with Crippen molar-refractivity contribution in [2.24, 2.45) is 17.6 Å². The first-order valence-corrected chi connectivity index (χ1v) is 4.09. The third kappa shape index (κ3) is 0.858. The topological polar surface area (TPSA) is 26.0 Å². The summed E-state index contributed by atoms with van der Waals surface area (Å²) in [4.78, 5) is 0. The number of hydrogen-bond acceptors (Lipinski definition) is 1. The predicted octanol–water partition coefficient (Wildman–Crippen LogP) is 1.47. The molecule has 0 unspecified atom stereocenters. The second-order valence-electron chi connectivity index (χ2n) is 3.92. The lowest BCUT2D eigenvalue weighted by Crippen LogP contribution is -2.41. The quantitative estimate of drug-likeness (QED) is 0.622. The molecular formula is C8H14FN. The van der Waals surface area contributed by atoms with Crippen LogP contribution in [0, 0.1) is 11.8 Å². The van der Waals surface area contributed by atoms with E-state index in [4.69, 9.17) is 5.73 Å². The minimum absolute atomic E-state index is 0.132. The molecule has 0 bridgehead atoms. The molecular weight excluding hydrogens is 129 g/mol. The molecule has 0 amide bonds. The second kappa shape index (κ2) is 1.94. The highest BCUT2D eigenvalue weighted by molar-refractivity contribution is 5.07. The van der Waals surface area contributed by atoms with Gasteiger partial charge in [-0.25, -0.2) is 0 Å².